The third-order valence-electron chi connectivity index (χ3n) is 4.23. The Hall–Kier alpha value is -0.860. The van der Waals surface area contributed by atoms with Crippen LogP contribution < -0.4 is 0 Å². The first-order chi connectivity index (χ1) is 9.24. The second kappa shape index (κ2) is 7.66. The van der Waals surface area contributed by atoms with E-state index in [1.807, 2.05) is 0 Å². The molecule has 106 valence electrons. The maximum absolute atomic E-state index is 10.1. The molecule has 1 aromatic carbocycles. The van der Waals surface area contributed by atoms with Gasteiger partial charge in [-0.1, -0.05) is 56.0 Å². The van der Waals surface area contributed by atoms with Crippen molar-refractivity contribution in [1.82, 2.24) is 4.90 Å². The van der Waals surface area contributed by atoms with Crippen LogP contribution in [0.1, 0.15) is 37.7 Å². The van der Waals surface area contributed by atoms with E-state index in [9.17, 15) is 5.11 Å². The summed E-state index contributed by atoms with van der Waals surface area (Å²) in [6.45, 7) is 1.83. The molecule has 2 heteroatoms. The Morgan fingerprint density at radius 1 is 1.21 bits per heavy atom. The molecule has 1 aliphatic rings. The molecule has 1 aromatic rings. The minimum Gasteiger partial charge on any atom is -0.392 e. The lowest BCUT2D eigenvalue weighted by atomic mass is 10.00. The van der Waals surface area contributed by atoms with E-state index in [0.29, 0.717) is 0 Å². The van der Waals surface area contributed by atoms with E-state index in [-0.39, 0.29) is 6.10 Å². The molecule has 1 fully saturated rings. The van der Waals surface area contributed by atoms with Gasteiger partial charge >= 0.3 is 0 Å². The monoisotopic (exact) mass is 261 g/mol. The van der Waals surface area contributed by atoms with Gasteiger partial charge in [-0.25, -0.2) is 0 Å². The molecule has 1 N–H and O–H groups in total. The zero-order chi connectivity index (χ0) is 13.5. The number of hydrogen-bond donors (Lipinski definition) is 1. The molecule has 2 rings (SSSR count). The van der Waals surface area contributed by atoms with Crippen LogP contribution in [0.15, 0.2) is 30.3 Å². The highest BCUT2D eigenvalue weighted by Gasteiger charge is 2.19. The normalized spacial score (nSPS) is 18.1. The average molecular weight is 261 g/mol. The van der Waals surface area contributed by atoms with Crippen molar-refractivity contribution in [2.75, 3.05) is 20.1 Å². The lowest BCUT2D eigenvalue weighted by Crippen LogP contribution is -2.31. The quantitative estimate of drug-likeness (QED) is 0.815. The van der Waals surface area contributed by atoms with Gasteiger partial charge in [-0.2, -0.15) is 0 Å². The molecule has 0 aromatic heterocycles. The molecule has 0 amide bonds. The third-order valence-corrected chi connectivity index (χ3v) is 4.23. The molecule has 1 atom stereocenters. The van der Waals surface area contributed by atoms with Crippen LogP contribution in [0.4, 0.5) is 0 Å². The van der Waals surface area contributed by atoms with E-state index in [1.165, 1.54) is 31.2 Å². The molecule has 0 spiro atoms. The minimum atomic E-state index is -0.149. The molecular weight excluding hydrogens is 234 g/mol. The average Bonchev–Trinajstić information content (AvgIpc) is 2.90. The summed E-state index contributed by atoms with van der Waals surface area (Å²) in [6, 6.07) is 10.6. The van der Waals surface area contributed by atoms with Crippen LogP contribution >= 0.6 is 0 Å². The second-order valence-electron chi connectivity index (χ2n) is 6.04. The molecule has 0 heterocycles. The van der Waals surface area contributed by atoms with Gasteiger partial charge in [0.2, 0.25) is 0 Å². The molecular formula is C17H27NO. The minimum absolute atomic E-state index is 0.149. The maximum Gasteiger partial charge on any atom is 0.0669 e. The van der Waals surface area contributed by atoms with Gasteiger partial charge in [0.15, 0.2) is 0 Å². The van der Waals surface area contributed by atoms with Gasteiger partial charge in [0.25, 0.3) is 0 Å². The van der Waals surface area contributed by atoms with Crippen molar-refractivity contribution >= 4 is 0 Å². The molecule has 0 saturated heterocycles. The first-order valence-corrected chi connectivity index (χ1v) is 7.64. The molecule has 2 nitrogen and oxygen atoms in total. The van der Waals surface area contributed by atoms with Crippen molar-refractivity contribution in [1.29, 1.82) is 0 Å². The highest BCUT2D eigenvalue weighted by Crippen LogP contribution is 2.28. The van der Waals surface area contributed by atoms with Crippen LogP contribution in [0.2, 0.25) is 0 Å². The number of hydrogen-bond acceptors (Lipinski definition) is 2. The fourth-order valence-corrected chi connectivity index (χ4v) is 3.12. The summed E-state index contributed by atoms with van der Waals surface area (Å²) in [7, 11) is 2.11. The van der Waals surface area contributed by atoms with Gasteiger partial charge in [-0.15, -0.1) is 0 Å². The first-order valence-electron chi connectivity index (χ1n) is 7.64. The summed E-state index contributed by atoms with van der Waals surface area (Å²) < 4.78 is 0. The predicted octanol–water partition coefficient (Wildman–Crippen LogP) is 3.10. The summed E-state index contributed by atoms with van der Waals surface area (Å²) in [5, 5.41) is 10.1. The van der Waals surface area contributed by atoms with Gasteiger partial charge in [0.1, 0.15) is 0 Å². The summed E-state index contributed by atoms with van der Waals surface area (Å²) >= 11 is 0. The Balaban J connectivity index is 1.64. The molecule has 1 unspecified atom stereocenters. The molecule has 0 radical (unpaired) electrons. The Labute approximate surface area is 117 Å². The van der Waals surface area contributed by atoms with Crippen molar-refractivity contribution in [2.45, 2.75) is 44.6 Å². The Morgan fingerprint density at radius 2 is 1.89 bits per heavy atom. The van der Waals surface area contributed by atoms with E-state index in [0.717, 1.165) is 31.8 Å². The van der Waals surface area contributed by atoms with Crippen LogP contribution in [0.25, 0.3) is 0 Å². The van der Waals surface area contributed by atoms with Gasteiger partial charge in [0.05, 0.1) is 6.10 Å². The maximum atomic E-state index is 10.1. The van der Waals surface area contributed by atoms with Gasteiger partial charge in [0, 0.05) is 13.1 Å². The number of rotatable bonds is 7. The van der Waals surface area contributed by atoms with Crippen molar-refractivity contribution in [3.63, 3.8) is 0 Å². The standard InChI is InChI=1S/C17H27NO/c1-18(12-11-15-7-3-2-4-8-15)14-17(19)13-16-9-5-6-10-16/h2-4,7-8,16-17,19H,5-6,9-14H2,1H3. The number of aliphatic hydroxyl groups excluding tert-OH is 1. The van der Waals surface area contributed by atoms with Gasteiger partial charge < -0.3 is 10.0 Å². The zero-order valence-electron chi connectivity index (χ0n) is 12.1. The zero-order valence-corrected chi connectivity index (χ0v) is 12.1. The summed E-state index contributed by atoms with van der Waals surface area (Å²) in [5.74, 6) is 0.775. The predicted molar refractivity (Wildman–Crippen MR) is 80.2 cm³/mol. The Morgan fingerprint density at radius 3 is 2.58 bits per heavy atom. The van der Waals surface area contributed by atoms with Crippen LogP contribution in [0, 0.1) is 5.92 Å². The fraction of sp³-hybridized carbons (Fsp3) is 0.647. The molecule has 1 aliphatic carbocycles. The number of nitrogens with zero attached hydrogens (tertiary/aromatic N) is 1. The largest absolute Gasteiger partial charge is 0.392 e. The molecule has 0 bridgehead atoms. The van der Waals surface area contributed by atoms with Gasteiger partial charge in [-0.3, -0.25) is 0 Å². The van der Waals surface area contributed by atoms with Crippen LogP contribution in [0.3, 0.4) is 0 Å². The second-order valence-corrected chi connectivity index (χ2v) is 6.04. The van der Waals surface area contributed by atoms with Crippen molar-refractivity contribution in [3.05, 3.63) is 35.9 Å². The summed E-state index contributed by atoms with van der Waals surface area (Å²) in [6.07, 6.45) is 7.28. The van der Waals surface area contributed by atoms with Gasteiger partial charge in [-0.05, 0) is 31.4 Å². The summed E-state index contributed by atoms with van der Waals surface area (Å²) in [5.41, 5.74) is 1.37. The Kier molecular flexibility index (Phi) is 5.87. The molecule has 1 saturated carbocycles. The van der Waals surface area contributed by atoms with E-state index < -0.39 is 0 Å². The number of likely N-dealkylation sites (N-methyl/N-ethyl adjacent to an activating group) is 1. The van der Waals surface area contributed by atoms with Crippen molar-refractivity contribution in [2.24, 2.45) is 5.92 Å². The SMILES string of the molecule is CN(CCc1ccccc1)CC(O)CC1CCCC1. The van der Waals surface area contributed by atoms with E-state index >= 15 is 0 Å². The fourth-order valence-electron chi connectivity index (χ4n) is 3.12. The number of benzene rings is 1. The lowest BCUT2D eigenvalue weighted by Gasteiger charge is -2.22. The highest BCUT2D eigenvalue weighted by atomic mass is 16.3. The summed E-state index contributed by atoms with van der Waals surface area (Å²) in [4.78, 5) is 2.26. The lowest BCUT2D eigenvalue weighted by molar-refractivity contribution is 0.102. The van der Waals surface area contributed by atoms with E-state index in [1.54, 1.807) is 0 Å². The third kappa shape index (κ3) is 5.33. The van der Waals surface area contributed by atoms with Crippen molar-refractivity contribution in [3.8, 4) is 0 Å². The van der Waals surface area contributed by atoms with E-state index in [4.69, 9.17) is 0 Å². The van der Waals surface area contributed by atoms with Crippen LogP contribution in [-0.2, 0) is 6.42 Å². The molecule has 0 aliphatic heterocycles. The topological polar surface area (TPSA) is 23.5 Å². The highest BCUT2D eigenvalue weighted by molar-refractivity contribution is 5.14. The van der Waals surface area contributed by atoms with Crippen LogP contribution in [-0.4, -0.2) is 36.2 Å². The number of aliphatic hydroxyl groups is 1. The first kappa shape index (κ1) is 14.5. The van der Waals surface area contributed by atoms with Crippen LogP contribution in [0.5, 0.6) is 0 Å². The Bertz CT molecular complexity index is 346. The van der Waals surface area contributed by atoms with Crippen molar-refractivity contribution < 1.29 is 5.11 Å². The molecule has 19 heavy (non-hydrogen) atoms. The van der Waals surface area contributed by atoms with E-state index in [2.05, 4.69) is 42.3 Å². The smallest absolute Gasteiger partial charge is 0.0669 e.